The predicted octanol–water partition coefficient (Wildman–Crippen LogP) is 2.54. The summed E-state index contributed by atoms with van der Waals surface area (Å²) < 4.78 is 5.17. The number of benzene rings is 1. The molecule has 18 heavy (non-hydrogen) atoms. The van der Waals surface area contributed by atoms with Crippen molar-refractivity contribution in [1.29, 1.82) is 0 Å². The van der Waals surface area contributed by atoms with Gasteiger partial charge in [-0.3, -0.25) is 4.79 Å². The molecule has 1 aliphatic carbocycles. The van der Waals surface area contributed by atoms with Crippen LogP contribution >= 0.6 is 0 Å². The number of amides is 1. The number of methoxy groups -OCH3 is 1. The van der Waals surface area contributed by atoms with Gasteiger partial charge in [0.15, 0.2) is 0 Å². The normalized spacial score (nSPS) is 16.1. The molecule has 0 saturated heterocycles. The Hall–Kier alpha value is -1.51. The predicted molar refractivity (Wildman–Crippen MR) is 71.6 cm³/mol. The average Bonchev–Trinajstić information content (AvgIpc) is 3.21. The van der Waals surface area contributed by atoms with Gasteiger partial charge in [-0.2, -0.15) is 0 Å². The highest BCUT2D eigenvalue weighted by Crippen LogP contribution is 2.32. The molecule has 1 fully saturated rings. The fourth-order valence-electron chi connectivity index (χ4n) is 2.13. The third-order valence-corrected chi connectivity index (χ3v) is 3.49. The summed E-state index contributed by atoms with van der Waals surface area (Å²) in [5.74, 6) is 1.71. The Morgan fingerprint density at radius 2 is 2.28 bits per heavy atom. The quantitative estimate of drug-likeness (QED) is 0.839. The van der Waals surface area contributed by atoms with E-state index in [4.69, 9.17) is 4.74 Å². The summed E-state index contributed by atoms with van der Waals surface area (Å²) in [7, 11) is 1.66. The highest BCUT2D eigenvalue weighted by Gasteiger charge is 2.28. The summed E-state index contributed by atoms with van der Waals surface area (Å²) in [6, 6.07) is 8.22. The van der Waals surface area contributed by atoms with Gasteiger partial charge in [-0.25, -0.2) is 0 Å². The van der Waals surface area contributed by atoms with Crippen LogP contribution in [0.4, 0.5) is 0 Å². The lowest BCUT2D eigenvalue weighted by Crippen LogP contribution is -2.34. The number of carbonyl (C=O) groups is 1. The lowest BCUT2D eigenvalue weighted by atomic mass is 10.1. The van der Waals surface area contributed by atoms with Crippen LogP contribution in [0.5, 0.6) is 5.75 Å². The molecule has 0 bridgehead atoms. The first-order valence-corrected chi connectivity index (χ1v) is 6.61. The average molecular weight is 247 g/mol. The Kier molecular flexibility index (Phi) is 4.24. The molecule has 1 saturated carbocycles. The van der Waals surface area contributed by atoms with Gasteiger partial charge >= 0.3 is 0 Å². The van der Waals surface area contributed by atoms with E-state index in [2.05, 4.69) is 12.2 Å². The molecule has 3 heteroatoms. The van der Waals surface area contributed by atoms with Crippen molar-refractivity contribution in [3.05, 3.63) is 29.8 Å². The number of carbonyl (C=O) groups excluding carboxylic acids is 1. The molecule has 1 atom stereocenters. The van der Waals surface area contributed by atoms with Crippen molar-refractivity contribution in [2.45, 2.75) is 38.6 Å². The van der Waals surface area contributed by atoms with Crippen molar-refractivity contribution < 1.29 is 9.53 Å². The summed E-state index contributed by atoms with van der Waals surface area (Å²) in [6.45, 7) is 2.10. The minimum Gasteiger partial charge on any atom is -0.497 e. The summed E-state index contributed by atoms with van der Waals surface area (Å²) in [4.78, 5) is 11.8. The Balaban J connectivity index is 1.77. The summed E-state index contributed by atoms with van der Waals surface area (Å²) in [5, 5.41) is 3.07. The van der Waals surface area contributed by atoms with E-state index in [1.165, 1.54) is 12.8 Å². The van der Waals surface area contributed by atoms with E-state index in [0.29, 0.717) is 18.4 Å². The summed E-state index contributed by atoms with van der Waals surface area (Å²) >= 11 is 0. The van der Waals surface area contributed by atoms with Gasteiger partial charge < -0.3 is 10.1 Å². The van der Waals surface area contributed by atoms with E-state index >= 15 is 0 Å². The summed E-state index contributed by atoms with van der Waals surface area (Å²) in [6.07, 6.45) is 3.83. The molecule has 98 valence electrons. The molecule has 1 N–H and O–H groups in total. The zero-order chi connectivity index (χ0) is 13.0. The van der Waals surface area contributed by atoms with Crippen LogP contribution in [0.15, 0.2) is 24.3 Å². The molecule has 1 aromatic rings. The summed E-state index contributed by atoms with van der Waals surface area (Å²) in [5.41, 5.74) is 1.14. The van der Waals surface area contributed by atoms with Gasteiger partial charge in [0.25, 0.3) is 0 Å². The topological polar surface area (TPSA) is 38.3 Å². The zero-order valence-corrected chi connectivity index (χ0v) is 11.1. The third-order valence-electron chi connectivity index (χ3n) is 3.49. The van der Waals surface area contributed by atoms with Gasteiger partial charge in [0, 0.05) is 12.5 Å². The van der Waals surface area contributed by atoms with Crippen molar-refractivity contribution in [1.82, 2.24) is 5.32 Å². The van der Waals surface area contributed by atoms with Crippen LogP contribution in [-0.2, 0) is 11.2 Å². The number of rotatable bonds is 6. The Morgan fingerprint density at radius 3 is 2.94 bits per heavy atom. The van der Waals surface area contributed by atoms with Crippen LogP contribution in [0, 0.1) is 5.92 Å². The first kappa shape index (κ1) is 12.9. The SMILES string of the molecule is COc1cccc(CCC(=O)NC(C)C2CC2)c1. The molecule has 0 spiro atoms. The minimum atomic E-state index is 0.150. The highest BCUT2D eigenvalue weighted by atomic mass is 16.5. The Labute approximate surface area is 109 Å². The lowest BCUT2D eigenvalue weighted by Gasteiger charge is -2.12. The maximum atomic E-state index is 11.8. The van der Waals surface area contributed by atoms with Gasteiger partial charge in [-0.05, 0) is 49.8 Å². The number of nitrogens with one attached hydrogen (secondary N) is 1. The van der Waals surface area contributed by atoms with E-state index in [0.717, 1.165) is 17.7 Å². The van der Waals surface area contributed by atoms with Gasteiger partial charge in [-0.15, -0.1) is 0 Å². The third kappa shape index (κ3) is 3.76. The molecule has 1 unspecified atom stereocenters. The van der Waals surface area contributed by atoms with Crippen LogP contribution in [-0.4, -0.2) is 19.1 Å². The standard InChI is InChI=1S/C15H21NO2/c1-11(13-7-8-13)16-15(17)9-6-12-4-3-5-14(10-12)18-2/h3-5,10-11,13H,6-9H2,1-2H3,(H,16,17). The molecule has 0 radical (unpaired) electrons. The highest BCUT2D eigenvalue weighted by molar-refractivity contribution is 5.76. The second kappa shape index (κ2) is 5.89. The van der Waals surface area contributed by atoms with E-state index in [1.54, 1.807) is 7.11 Å². The molecule has 1 aromatic carbocycles. The first-order valence-electron chi connectivity index (χ1n) is 6.61. The van der Waals surface area contributed by atoms with E-state index < -0.39 is 0 Å². The van der Waals surface area contributed by atoms with Gasteiger partial charge in [0.2, 0.25) is 5.91 Å². The van der Waals surface area contributed by atoms with E-state index in [9.17, 15) is 4.79 Å². The van der Waals surface area contributed by atoms with Crippen LogP contribution in [0.25, 0.3) is 0 Å². The molecule has 1 aliphatic rings. The molecule has 2 rings (SSSR count). The molecule has 0 aromatic heterocycles. The maximum Gasteiger partial charge on any atom is 0.220 e. The van der Waals surface area contributed by atoms with Crippen molar-refractivity contribution in [2.24, 2.45) is 5.92 Å². The van der Waals surface area contributed by atoms with E-state index in [1.807, 2.05) is 24.3 Å². The Bertz CT molecular complexity index is 413. The van der Waals surface area contributed by atoms with Crippen LogP contribution in [0.2, 0.25) is 0 Å². The molecule has 0 aliphatic heterocycles. The monoisotopic (exact) mass is 247 g/mol. The van der Waals surface area contributed by atoms with Crippen LogP contribution in [0.1, 0.15) is 31.7 Å². The molecule has 0 heterocycles. The fraction of sp³-hybridized carbons (Fsp3) is 0.533. The van der Waals surface area contributed by atoms with Gasteiger partial charge in [0.1, 0.15) is 5.75 Å². The molecule has 3 nitrogen and oxygen atoms in total. The van der Waals surface area contributed by atoms with Crippen LogP contribution < -0.4 is 10.1 Å². The molecular weight excluding hydrogens is 226 g/mol. The van der Waals surface area contributed by atoms with Crippen molar-refractivity contribution in [2.75, 3.05) is 7.11 Å². The number of aryl methyl sites for hydroxylation is 1. The maximum absolute atomic E-state index is 11.8. The Morgan fingerprint density at radius 1 is 1.50 bits per heavy atom. The zero-order valence-electron chi connectivity index (χ0n) is 11.1. The molecule has 1 amide bonds. The minimum absolute atomic E-state index is 0.150. The second-order valence-electron chi connectivity index (χ2n) is 5.05. The van der Waals surface area contributed by atoms with Gasteiger partial charge in [-0.1, -0.05) is 12.1 Å². The van der Waals surface area contributed by atoms with E-state index in [-0.39, 0.29) is 5.91 Å². The second-order valence-corrected chi connectivity index (χ2v) is 5.05. The van der Waals surface area contributed by atoms with Crippen molar-refractivity contribution >= 4 is 5.91 Å². The fourth-order valence-corrected chi connectivity index (χ4v) is 2.13. The van der Waals surface area contributed by atoms with Crippen molar-refractivity contribution in [3.8, 4) is 5.75 Å². The number of hydrogen-bond acceptors (Lipinski definition) is 2. The molecular formula is C15H21NO2. The largest absolute Gasteiger partial charge is 0.497 e. The van der Waals surface area contributed by atoms with Gasteiger partial charge in [0.05, 0.1) is 7.11 Å². The number of ether oxygens (including phenoxy) is 1. The first-order chi connectivity index (χ1) is 8.69. The van der Waals surface area contributed by atoms with Crippen molar-refractivity contribution in [3.63, 3.8) is 0 Å². The number of hydrogen-bond donors (Lipinski definition) is 1. The van der Waals surface area contributed by atoms with Crippen LogP contribution in [0.3, 0.4) is 0 Å². The lowest BCUT2D eigenvalue weighted by molar-refractivity contribution is -0.121. The smallest absolute Gasteiger partial charge is 0.220 e.